The Bertz CT molecular complexity index is 393. The van der Waals surface area contributed by atoms with Gasteiger partial charge in [-0.2, -0.15) is 5.26 Å². The fourth-order valence-corrected chi connectivity index (χ4v) is 1.31. The van der Waals surface area contributed by atoms with Crippen LogP contribution in [0.25, 0.3) is 6.08 Å². The van der Waals surface area contributed by atoms with Crippen molar-refractivity contribution in [3.8, 4) is 11.8 Å². The molecule has 0 atom stereocenters. The predicted molar refractivity (Wildman–Crippen MR) is 65.0 cm³/mol. The van der Waals surface area contributed by atoms with Crippen LogP contribution in [-0.2, 0) is 0 Å². The molecule has 0 aliphatic carbocycles. The Hall–Kier alpha value is -1.27. The number of rotatable bonds is 4. The van der Waals surface area contributed by atoms with Crippen LogP contribution in [0.15, 0.2) is 29.8 Å². The fraction of sp³-hybridized carbons (Fsp3) is 0.250. The van der Waals surface area contributed by atoms with E-state index in [4.69, 9.17) is 10.00 Å². The Morgan fingerprint density at radius 1 is 1.53 bits per heavy atom. The number of hydrogen-bond acceptors (Lipinski definition) is 2. The topological polar surface area (TPSA) is 33.0 Å². The van der Waals surface area contributed by atoms with E-state index in [1.54, 1.807) is 0 Å². The second-order valence-electron chi connectivity index (χ2n) is 3.11. The SMILES string of the molecule is CC(=Cc1ccccc1OCC#N)CBr. The van der Waals surface area contributed by atoms with Crippen LogP contribution in [-0.4, -0.2) is 11.9 Å². The molecule has 0 amide bonds. The molecule has 1 aromatic rings. The van der Waals surface area contributed by atoms with Crippen molar-refractivity contribution in [2.45, 2.75) is 6.92 Å². The highest BCUT2D eigenvalue weighted by atomic mass is 79.9. The molecule has 78 valence electrons. The van der Waals surface area contributed by atoms with E-state index in [2.05, 4.69) is 15.9 Å². The molecule has 0 aromatic heterocycles. The van der Waals surface area contributed by atoms with Gasteiger partial charge in [0.05, 0.1) is 0 Å². The number of nitrogens with zero attached hydrogens (tertiary/aromatic N) is 1. The van der Waals surface area contributed by atoms with Crippen molar-refractivity contribution in [2.75, 3.05) is 11.9 Å². The monoisotopic (exact) mass is 265 g/mol. The van der Waals surface area contributed by atoms with Crippen LogP contribution < -0.4 is 4.74 Å². The molecule has 0 aliphatic rings. The number of ether oxygens (including phenoxy) is 1. The summed E-state index contributed by atoms with van der Waals surface area (Å²) in [4.78, 5) is 0. The maximum atomic E-state index is 8.45. The smallest absolute Gasteiger partial charge is 0.174 e. The van der Waals surface area contributed by atoms with E-state index in [1.165, 1.54) is 5.57 Å². The van der Waals surface area contributed by atoms with E-state index >= 15 is 0 Å². The first-order chi connectivity index (χ1) is 7.27. The van der Waals surface area contributed by atoms with E-state index in [0.29, 0.717) is 0 Å². The van der Waals surface area contributed by atoms with Gasteiger partial charge in [0.1, 0.15) is 11.8 Å². The Kier molecular flexibility index (Phi) is 4.92. The van der Waals surface area contributed by atoms with Crippen LogP contribution in [0.1, 0.15) is 12.5 Å². The highest BCUT2D eigenvalue weighted by Gasteiger charge is 1.99. The van der Waals surface area contributed by atoms with Crippen LogP contribution in [0.4, 0.5) is 0 Å². The summed E-state index contributed by atoms with van der Waals surface area (Å²) in [6, 6.07) is 9.64. The van der Waals surface area contributed by atoms with Gasteiger partial charge in [-0.3, -0.25) is 0 Å². The largest absolute Gasteiger partial charge is 0.478 e. The lowest BCUT2D eigenvalue weighted by Gasteiger charge is -2.06. The molecule has 0 fully saturated rings. The van der Waals surface area contributed by atoms with Gasteiger partial charge in [0.2, 0.25) is 0 Å². The number of halogens is 1. The van der Waals surface area contributed by atoms with Gasteiger partial charge in [-0.15, -0.1) is 0 Å². The zero-order valence-electron chi connectivity index (χ0n) is 8.53. The second-order valence-corrected chi connectivity index (χ2v) is 3.67. The molecule has 1 aromatic carbocycles. The summed E-state index contributed by atoms with van der Waals surface area (Å²) in [5.41, 5.74) is 2.22. The zero-order valence-corrected chi connectivity index (χ0v) is 10.1. The van der Waals surface area contributed by atoms with Crippen molar-refractivity contribution in [1.29, 1.82) is 5.26 Å². The molecule has 15 heavy (non-hydrogen) atoms. The summed E-state index contributed by atoms with van der Waals surface area (Å²) in [5.74, 6) is 0.749. The average molecular weight is 266 g/mol. The highest BCUT2D eigenvalue weighted by Crippen LogP contribution is 2.21. The minimum absolute atomic E-state index is 0.0816. The zero-order chi connectivity index (χ0) is 11.1. The highest BCUT2D eigenvalue weighted by molar-refractivity contribution is 9.09. The predicted octanol–water partition coefficient (Wildman–Crippen LogP) is 3.39. The molecule has 0 radical (unpaired) electrons. The Morgan fingerprint density at radius 3 is 2.93 bits per heavy atom. The van der Waals surface area contributed by atoms with Gasteiger partial charge in [0.15, 0.2) is 6.61 Å². The standard InChI is InChI=1S/C12H12BrNO/c1-10(9-13)8-11-4-2-3-5-12(11)15-7-6-14/h2-5,8H,7,9H2,1H3. The van der Waals surface area contributed by atoms with Crippen LogP contribution in [0.3, 0.4) is 0 Å². The van der Waals surface area contributed by atoms with E-state index in [1.807, 2.05) is 43.3 Å². The summed E-state index contributed by atoms with van der Waals surface area (Å²) >= 11 is 3.39. The normalized spacial score (nSPS) is 10.9. The maximum absolute atomic E-state index is 8.45. The van der Waals surface area contributed by atoms with Gasteiger partial charge in [-0.05, 0) is 13.0 Å². The van der Waals surface area contributed by atoms with Crippen LogP contribution in [0, 0.1) is 11.3 Å². The van der Waals surface area contributed by atoms with Gasteiger partial charge in [0, 0.05) is 10.9 Å². The molecule has 0 saturated carbocycles. The molecule has 0 aliphatic heterocycles. The number of nitriles is 1. The third kappa shape index (κ3) is 3.77. The lowest BCUT2D eigenvalue weighted by Crippen LogP contribution is -1.95. The summed E-state index contributed by atoms with van der Waals surface area (Å²) in [5, 5.41) is 9.28. The first-order valence-corrected chi connectivity index (χ1v) is 5.72. The summed E-state index contributed by atoms with van der Waals surface area (Å²) < 4.78 is 5.31. The van der Waals surface area contributed by atoms with E-state index < -0.39 is 0 Å². The molecule has 3 heteroatoms. The maximum Gasteiger partial charge on any atom is 0.174 e. The number of para-hydroxylation sites is 1. The number of benzene rings is 1. The molecule has 0 N–H and O–H groups in total. The lowest BCUT2D eigenvalue weighted by molar-refractivity contribution is 0.367. The lowest BCUT2D eigenvalue weighted by atomic mass is 10.1. The molecular weight excluding hydrogens is 254 g/mol. The van der Waals surface area contributed by atoms with E-state index in [-0.39, 0.29) is 6.61 Å². The second kappa shape index (κ2) is 6.26. The minimum atomic E-state index is 0.0816. The van der Waals surface area contributed by atoms with Crippen molar-refractivity contribution in [3.05, 3.63) is 35.4 Å². The molecule has 1 rings (SSSR count). The summed E-state index contributed by atoms with van der Waals surface area (Å²) in [6.45, 7) is 2.12. The average Bonchev–Trinajstić information content (AvgIpc) is 2.28. The summed E-state index contributed by atoms with van der Waals surface area (Å²) in [6.07, 6.45) is 2.04. The number of alkyl halides is 1. The van der Waals surface area contributed by atoms with Crippen LogP contribution in [0.2, 0.25) is 0 Å². The van der Waals surface area contributed by atoms with Gasteiger partial charge in [0.25, 0.3) is 0 Å². The number of hydrogen-bond donors (Lipinski definition) is 0. The minimum Gasteiger partial charge on any atom is -0.478 e. The molecule has 2 nitrogen and oxygen atoms in total. The van der Waals surface area contributed by atoms with Gasteiger partial charge in [-0.25, -0.2) is 0 Å². The molecule has 0 saturated heterocycles. The van der Waals surface area contributed by atoms with Crippen molar-refractivity contribution in [3.63, 3.8) is 0 Å². The third-order valence-electron chi connectivity index (χ3n) is 1.82. The molecule has 0 bridgehead atoms. The Balaban J connectivity index is 2.92. The number of allylic oxidation sites excluding steroid dienone is 1. The van der Waals surface area contributed by atoms with Crippen molar-refractivity contribution >= 4 is 22.0 Å². The third-order valence-corrected chi connectivity index (χ3v) is 2.71. The van der Waals surface area contributed by atoms with Crippen molar-refractivity contribution in [1.82, 2.24) is 0 Å². The van der Waals surface area contributed by atoms with E-state index in [9.17, 15) is 0 Å². The van der Waals surface area contributed by atoms with Crippen LogP contribution >= 0.6 is 15.9 Å². The fourth-order valence-electron chi connectivity index (χ4n) is 1.15. The molecule has 0 unspecified atom stereocenters. The Labute approximate surface area is 98.3 Å². The molecule has 0 heterocycles. The quantitative estimate of drug-likeness (QED) is 0.782. The first kappa shape index (κ1) is 11.8. The summed E-state index contributed by atoms with van der Waals surface area (Å²) in [7, 11) is 0. The van der Waals surface area contributed by atoms with Crippen molar-refractivity contribution < 1.29 is 4.74 Å². The molecule has 0 spiro atoms. The van der Waals surface area contributed by atoms with Crippen molar-refractivity contribution in [2.24, 2.45) is 0 Å². The van der Waals surface area contributed by atoms with Gasteiger partial charge >= 0.3 is 0 Å². The Morgan fingerprint density at radius 2 is 2.27 bits per heavy atom. The van der Waals surface area contributed by atoms with Gasteiger partial charge in [-0.1, -0.05) is 45.8 Å². The van der Waals surface area contributed by atoms with E-state index in [0.717, 1.165) is 16.6 Å². The van der Waals surface area contributed by atoms with Crippen LogP contribution in [0.5, 0.6) is 5.75 Å². The molecular formula is C12H12BrNO. The van der Waals surface area contributed by atoms with Gasteiger partial charge < -0.3 is 4.74 Å². The first-order valence-electron chi connectivity index (χ1n) is 4.60.